The van der Waals surface area contributed by atoms with E-state index >= 15 is 0 Å². The summed E-state index contributed by atoms with van der Waals surface area (Å²) < 4.78 is 0. The molecule has 3 heteroatoms. The molecule has 9 atom stereocenters. The summed E-state index contributed by atoms with van der Waals surface area (Å²) in [7, 11) is 0. The summed E-state index contributed by atoms with van der Waals surface area (Å²) in [5, 5.41) is 9.97. The average Bonchev–Trinajstić information content (AvgIpc) is 2.72. The fraction of sp³-hybridized carbons (Fsp3) is 0.867. The highest BCUT2D eigenvalue weighted by Gasteiger charge is 2.68. The first-order valence-electron chi connectivity index (χ1n) is 13.7. The lowest BCUT2D eigenvalue weighted by Gasteiger charge is -2.71. The van der Waals surface area contributed by atoms with Gasteiger partial charge in [-0.2, -0.15) is 0 Å². The van der Waals surface area contributed by atoms with Crippen molar-refractivity contribution in [3.05, 3.63) is 11.6 Å². The Kier molecular flexibility index (Phi) is 4.99. The smallest absolute Gasteiger partial charge is 0.306 e. The van der Waals surface area contributed by atoms with Crippen LogP contribution in [-0.2, 0) is 9.59 Å². The van der Waals surface area contributed by atoms with Crippen molar-refractivity contribution >= 4 is 11.8 Å². The molecule has 0 aromatic carbocycles. The number of hydrogen-bond acceptors (Lipinski definition) is 2. The van der Waals surface area contributed by atoms with Gasteiger partial charge in [0.15, 0.2) is 0 Å². The SMILES string of the molecule is C[C@@H]1[C@H]2C3=CC[C@@H]4[C@@]5(C)CCC(=O)C(C)(C)[C@@H]5CC[C@@]4(C)[C@]3(C)CC[C@@]2(C)CC[C@H]1C(=O)O. The van der Waals surface area contributed by atoms with Gasteiger partial charge in [-0.25, -0.2) is 0 Å². The first kappa shape index (κ1) is 23.6. The lowest BCUT2D eigenvalue weighted by atomic mass is 9.33. The Labute approximate surface area is 201 Å². The second-order valence-corrected chi connectivity index (χ2v) is 14.4. The monoisotopic (exact) mass is 454 g/mol. The van der Waals surface area contributed by atoms with Crippen LogP contribution in [0.2, 0.25) is 0 Å². The molecule has 0 radical (unpaired) electrons. The van der Waals surface area contributed by atoms with Gasteiger partial charge < -0.3 is 5.11 Å². The van der Waals surface area contributed by atoms with Crippen LogP contribution in [0.25, 0.3) is 0 Å². The van der Waals surface area contributed by atoms with E-state index in [1.807, 2.05) is 0 Å². The van der Waals surface area contributed by atoms with Crippen molar-refractivity contribution in [1.29, 1.82) is 0 Å². The molecule has 184 valence electrons. The fourth-order valence-corrected chi connectivity index (χ4v) is 10.8. The predicted octanol–water partition coefficient (Wildman–Crippen LogP) is 7.30. The topological polar surface area (TPSA) is 54.4 Å². The molecule has 0 spiro atoms. The Morgan fingerprint density at radius 1 is 0.939 bits per heavy atom. The molecule has 1 N–H and O–H groups in total. The molecular formula is C30H46O3. The molecule has 5 aliphatic rings. The number of hydrogen-bond donors (Lipinski definition) is 1. The molecule has 33 heavy (non-hydrogen) atoms. The zero-order chi connectivity index (χ0) is 24.2. The van der Waals surface area contributed by atoms with Crippen molar-refractivity contribution in [3.63, 3.8) is 0 Å². The third kappa shape index (κ3) is 2.80. The molecule has 5 aliphatic carbocycles. The van der Waals surface area contributed by atoms with Crippen LogP contribution in [0.3, 0.4) is 0 Å². The van der Waals surface area contributed by atoms with Crippen LogP contribution in [0.4, 0.5) is 0 Å². The molecule has 4 saturated carbocycles. The van der Waals surface area contributed by atoms with E-state index in [-0.39, 0.29) is 38.9 Å². The van der Waals surface area contributed by atoms with Gasteiger partial charge >= 0.3 is 5.97 Å². The predicted molar refractivity (Wildman–Crippen MR) is 132 cm³/mol. The molecule has 0 saturated heterocycles. The number of allylic oxidation sites excluding steroid dienone is 2. The molecule has 4 fully saturated rings. The molecule has 0 unspecified atom stereocenters. The minimum Gasteiger partial charge on any atom is -0.481 e. The Morgan fingerprint density at radius 3 is 2.30 bits per heavy atom. The van der Waals surface area contributed by atoms with Crippen LogP contribution in [0.15, 0.2) is 11.6 Å². The van der Waals surface area contributed by atoms with Gasteiger partial charge in [-0.3, -0.25) is 9.59 Å². The maximum atomic E-state index is 12.9. The van der Waals surface area contributed by atoms with Gasteiger partial charge in [0.25, 0.3) is 0 Å². The van der Waals surface area contributed by atoms with E-state index in [1.54, 1.807) is 5.57 Å². The number of rotatable bonds is 1. The van der Waals surface area contributed by atoms with Crippen LogP contribution >= 0.6 is 0 Å². The summed E-state index contributed by atoms with van der Waals surface area (Å²) in [5.74, 6) is 1.32. The molecule has 0 amide bonds. The molecule has 5 rings (SSSR count). The summed E-state index contributed by atoms with van der Waals surface area (Å²) in [6.07, 6.45) is 12.2. The van der Waals surface area contributed by atoms with Crippen molar-refractivity contribution in [2.45, 2.75) is 106 Å². The third-order valence-corrected chi connectivity index (χ3v) is 13.1. The number of Topliss-reactive ketones (excluding diaryl/α,β-unsaturated/α-hetero) is 1. The molecule has 0 bridgehead atoms. The Balaban J connectivity index is 1.59. The average molecular weight is 455 g/mol. The summed E-state index contributed by atoms with van der Waals surface area (Å²) >= 11 is 0. The molecular weight excluding hydrogens is 408 g/mol. The van der Waals surface area contributed by atoms with Crippen LogP contribution in [0, 0.1) is 56.7 Å². The molecule has 0 heterocycles. The highest BCUT2D eigenvalue weighted by atomic mass is 16.4. The number of carbonyl (C=O) groups excluding carboxylic acids is 1. The number of ketones is 1. The van der Waals surface area contributed by atoms with E-state index < -0.39 is 5.97 Å². The quantitative estimate of drug-likeness (QED) is 0.423. The Bertz CT molecular complexity index is 916. The zero-order valence-corrected chi connectivity index (χ0v) is 22.1. The number of fused-ring (bicyclic) bond motifs is 7. The van der Waals surface area contributed by atoms with Gasteiger partial charge in [0.2, 0.25) is 0 Å². The minimum absolute atomic E-state index is 0.133. The Hall–Kier alpha value is -1.12. The van der Waals surface area contributed by atoms with Gasteiger partial charge in [-0.15, -0.1) is 0 Å². The lowest BCUT2D eigenvalue weighted by Crippen LogP contribution is -2.64. The van der Waals surface area contributed by atoms with Gasteiger partial charge in [0.1, 0.15) is 5.78 Å². The van der Waals surface area contributed by atoms with Crippen molar-refractivity contribution in [2.24, 2.45) is 56.7 Å². The summed E-state index contributed by atoms with van der Waals surface area (Å²) in [5.41, 5.74) is 2.20. The normalized spacial score (nSPS) is 53.1. The van der Waals surface area contributed by atoms with E-state index in [9.17, 15) is 14.7 Å². The van der Waals surface area contributed by atoms with Crippen molar-refractivity contribution in [2.75, 3.05) is 0 Å². The highest BCUT2D eigenvalue weighted by molar-refractivity contribution is 5.85. The number of carboxylic acids is 1. The summed E-state index contributed by atoms with van der Waals surface area (Å²) in [6.45, 7) is 16.8. The van der Waals surface area contributed by atoms with Gasteiger partial charge in [-0.05, 0) is 96.7 Å². The molecule has 0 aromatic rings. The zero-order valence-electron chi connectivity index (χ0n) is 22.1. The Morgan fingerprint density at radius 2 is 1.64 bits per heavy atom. The van der Waals surface area contributed by atoms with Crippen molar-refractivity contribution in [1.82, 2.24) is 0 Å². The van der Waals surface area contributed by atoms with Crippen molar-refractivity contribution in [3.8, 4) is 0 Å². The number of aliphatic carboxylic acids is 1. The van der Waals surface area contributed by atoms with Crippen LogP contribution < -0.4 is 0 Å². The minimum atomic E-state index is -0.598. The van der Waals surface area contributed by atoms with E-state index in [2.05, 4.69) is 54.5 Å². The number of carboxylic acid groups (broad SMARTS) is 1. The van der Waals surface area contributed by atoms with E-state index in [0.717, 1.165) is 38.5 Å². The standard InChI is InChI=1S/C30H46O3/c1-18-19(25(32)33)10-13-27(4)16-17-29(6)20(24(18)27)8-9-22-28(5)14-12-23(31)26(2,3)21(28)11-15-30(22,29)7/h8,18-19,21-22,24H,9-17H2,1-7H3,(H,32,33)/t18-,19+,21-,22+,24-,27+,28-,29+,30+/m0/s1. The molecule has 0 aliphatic heterocycles. The second kappa shape index (κ2) is 6.97. The van der Waals surface area contributed by atoms with E-state index in [1.165, 1.54) is 19.3 Å². The van der Waals surface area contributed by atoms with Gasteiger partial charge in [0, 0.05) is 11.8 Å². The number of carbonyl (C=O) groups is 2. The highest BCUT2D eigenvalue weighted by Crippen LogP contribution is 2.75. The first-order chi connectivity index (χ1) is 15.2. The van der Waals surface area contributed by atoms with E-state index in [0.29, 0.717) is 23.5 Å². The summed E-state index contributed by atoms with van der Waals surface area (Å²) in [6, 6.07) is 0. The van der Waals surface area contributed by atoms with Gasteiger partial charge in [-0.1, -0.05) is 60.1 Å². The largest absolute Gasteiger partial charge is 0.481 e. The van der Waals surface area contributed by atoms with Crippen LogP contribution in [0.5, 0.6) is 0 Å². The lowest BCUT2D eigenvalue weighted by molar-refractivity contribution is -0.186. The van der Waals surface area contributed by atoms with E-state index in [4.69, 9.17) is 0 Å². The van der Waals surface area contributed by atoms with Crippen LogP contribution in [0.1, 0.15) is 106 Å². The first-order valence-corrected chi connectivity index (χ1v) is 13.7. The molecule has 0 aromatic heterocycles. The molecule has 3 nitrogen and oxygen atoms in total. The maximum absolute atomic E-state index is 12.9. The fourth-order valence-electron chi connectivity index (χ4n) is 10.8. The summed E-state index contributed by atoms with van der Waals surface area (Å²) in [4.78, 5) is 25.0. The third-order valence-electron chi connectivity index (χ3n) is 13.1. The van der Waals surface area contributed by atoms with Crippen LogP contribution in [-0.4, -0.2) is 16.9 Å². The second-order valence-electron chi connectivity index (χ2n) is 14.4. The van der Waals surface area contributed by atoms with Crippen molar-refractivity contribution < 1.29 is 14.7 Å². The maximum Gasteiger partial charge on any atom is 0.306 e. The van der Waals surface area contributed by atoms with Gasteiger partial charge in [0.05, 0.1) is 5.92 Å².